The van der Waals surface area contributed by atoms with Gasteiger partial charge in [-0.05, 0) is 27.8 Å². The number of nitrogens with zero attached hydrogens (tertiary/aromatic N) is 1. The third-order valence-electron chi connectivity index (χ3n) is 2.94. The van der Waals surface area contributed by atoms with Gasteiger partial charge in [0.1, 0.15) is 6.04 Å². The average Bonchev–Trinajstić information content (AvgIpc) is 2.41. The molecule has 0 heterocycles. The fourth-order valence-electron chi connectivity index (χ4n) is 1.31. The van der Waals surface area contributed by atoms with E-state index in [0.29, 0.717) is 0 Å². The summed E-state index contributed by atoms with van der Waals surface area (Å²) in [6.07, 6.45) is 1.45. The lowest BCUT2D eigenvalue weighted by Crippen LogP contribution is -2.50. The molecular formula is C13H23N3O4. The molecule has 0 fully saturated rings. The second kappa shape index (κ2) is 8.31. The van der Waals surface area contributed by atoms with Crippen LogP contribution in [0.4, 0.5) is 0 Å². The molecule has 0 spiro atoms. The second-order valence-corrected chi connectivity index (χ2v) is 4.65. The van der Waals surface area contributed by atoms with Crippen molar-refractivity contribution in [3.05, 3.63) is 11.6 Å². The Kier molecular flexibility index (Phi) is 7.53. The zero-order valence-corrected chi connectivity index (χ0v) is 12.6. The van der Waals surface area contributed by atoms with Crippen molar-refractivity contribution in [2.24, 2.45) is 0 Å². The molecule has 0 aliphatic heterocycles. The van der Waals surface area contributed by atoms with E-state index in [0.717, 1.165) is 0 Å². The molecule has 20 heavy (non-hydrogen) atoms. The summed E-state index contributed by atoms with van der Waals surface area (Å²) in [5.74, 6) is -1.56. The number of aliphatic carboxylic acids is 1. The smallest absolute Gasteiger partial charge is 0.331 e. The van der Waals surface area contributed by atoms with Crippen molar-refractivity contribution < 1.29 is 19.5 Å². The molecule has 0 saturated carbocycles. The number of carboxylic acid groups (broad SMARTS) is 1. The molecule has 7 heteroatoms. The van der Waals surface area contributed by atoms with Crippen LogP contribution in [0.1, 0.15) is 20.8 Å². The third-order valence-corrected chi connectivity index (χ3v) is 2.94. The number of carbonyl (C=O) groups excluding carboxylic acids is 2. The molecule has 3 N–H and O–H groups in total. The maximum Gasteiger partial charge on any atom is 0.331 e. The van der Waals surface area contributed by atoms with Gasteiger partial charge in [0, 0.05) is 19.2 Å². The van der Waals surface area contributed by atoms with Crippen molar-refractivity contribution in [3.63, 3.8) is 0 Å². The standard InChI is InChI=1S/C13H23N3O4/c1-8(13(19)20)6-7-16(5)12(18)10(3)15-11(17)9(2)14-4/h6,9-10,14H,7H2,1-5H3,(H,15,17)(H,19,20)/b8-6+/t9?,10-/m0/s1. The summed E-state index contributed by atoms with van der Waals surface area (Å²) in [5.41, 5.74) is 0.171. The van der Waals surface area contributed by atoms with E-state index in [1.54, 1.807) is 27.9 Å². The quantitative estimate of drug-likeness (QED) is 0.552. The normalized spacial score (nSPS) is 14.3. The van der Waals surface area contributed by atoms with Crippen LogP contribution in [0.25, 0.3) is 0 Å². The molecule has 0 radical (unpaired) electrons. The van der Waals surface area contributed by atoms with Crippen LogP contribution in [-0.4, -0.2) is 60.5 Å². The minimum absolute atomic E-state index is 0.171. The predicted molar refractivity (Wildman–Crippen MR) is 75.2 cm³/mol. The van der Waals surface area contributed by atoms with Crippen LogP contribution in [0.5, 0.6) is 0 Å². The summed E-state index contributed by atoms with van der Waals surface area (Å²) < 4.78 is 0. The zero-order valence-electron chi connectivity index (χ0n) is 12.6. The predicted octanol–water partition coefficient (Wildman–Crippen LogP) is -0.412. The molecule has 0 aromatic carbocycles. The van der Waals surface area contributed by atoms with Crippen molar-refractivity contribution in [1.29, 1.82) is 0 Å². The van der Waals surface area contributed by atoms with E-state index in [2.05, 4.69) is 10.6 Å². The summed E-state index contributed by atoms with van der Waals surface area (Å²) in [6, 6.07) is -1.05. The average molecular weight is 285 g/mol. The molecule has 0 aromatic rings. The van der Waals surface area contributed by atoms with Crippen LogP contribution >= 0.6 is 0 Å². The van der Waals surface area contributed by atoms with Crippen LogP contribution in [0.3, 0.4) is 0 Å². The van der Waals surface area contributed by atoms with E-state index in [1.165, 1.54) is 17.9 Å². The highest BCUT2D eigenvalue weighted by atomic mass is 16.4. The Morgan fingerprint density at radius 3 is 2.25 bits per heavy atom. The molecule has 7 nitrogen and oxygen atoms in total. The van der Waals surface area contributed by atoms with E-state index in [-0.39, 0.29) is 30.0 Å². The molecule has 0 saturated heterocycles. The van der Waals surface area contributed by atoms with Crippen LogP contribution in [0.2, 0.25) is 0 Å². The summed E-state index contributed by atoms with van der Waals surface area (Å²) in [6.45, 7) is 4.92. The highest BCUT2D eigenvalue weighted by molar-refractivity contribution is 5.89. The summed E-state index contributed by atoms with van der Waals surface area (Å²) in [4.78, 5) is 35.6. The number of hydrogen-bond acceptors (Lipinski definition) is 4. The Morgan fingerprint density at radius 1 is 1.25 bits per heavy atom. The molecule has 0 aliphatic carbocycles. The highest BCUT2D eigenvalue weighted by Crippen LogP contribution is 1.97. The first-order valence-electron chi connectivity index (χ1n) is 6.33. The SMILES string of the molecule is CNC(C)C(=O)N[C@@H](C)C(=O)N(C)C/C=C(\C)C(=O)O. The first-order valence-corrected chi connectivity index (χ1v) is 6.33. The molecule has 0 rings (SSSR count). The Morgan fingerprint density at radius 2 is 1.80 bits per heavy atom. The van der Waals surface area contributed by atoms with E-state index >= 15 is 0 Å². The van der Waals surface area contributed by atoms with Gasteiger partial charge in [-0.1, -0.05) is 6.08 Å². The number of carbonyl (C=O) groups is 3. The van der Waals surface area contributed by atoms with E-state index in [9.17, 15) is 14.4 Å². The maximum atomic E-state index is 12.0. The van der Waals surface area contributed by atoms with Gasteiger partial charge in [-0.15, -0.1) is 0 Å². The summed E-state index contributed by atoms with van der Waals surface area (Å²) >= 11 is 0. The highest BCUT2D eigenvalue weighted by Gasteiger charge is 2.21. The number of likely N-dealkylation sites (N-methyl/N-ethyl adjacent to an activating group) is 2. The third kappa shape index (κ3) is 5.83. The summed E-state index contributed by atoms with van der Waals surface area (Å²) in [5, 5.41) is 14.1. The number of nitrogens with one attached hydrogen (secondary N) is 2. The van der Waals surface area contributed by atoms with Gasteiger partial charge in [0.05, 0.1) is 6.04 Å². The van der Waals surface area contributed by atoms with Crippen LogP contribution in [0.15, 0.2) is 11.6 Å². The summed E-state index contributed by atoms with van der Waals surface area (Å²) in [7, 11) is 3.21. The van der Waals surface area contributed by atoms with Crippen LogP contribution in [-0.2, 0) is 14.4 Å². The van der Waals surface area contributed by atoms with E-state index in [1.807, 2.05) is 0 Å². The fraction of sp³-hybridized carbons (Fsp3) is 0.615. The lowest BCUT2D eigenvalue weighted by molar-refractivity contribution is -0.135. The minimum Gasteiger partial charge on any atom is -0.478 e. The molecule has 114 valence electrons. The second-order valence-electron chi connectivity index (χ2n) is 4.65. The lowest BCUT2D eigenvalue weighted by atomic mass is 10.2. The van der Waals surface area contributed by atoms with Crippen molar-refractivity contribution in [2.45, 2.75) is 32.9 Å². The van der Waals surface area contributed by atoms with Crippen molar-refractivity contribution in [3.8, 4) is 0 Å². The Labute approximate surface area is 119 Å². The van der Waals surface area contributed by atoms with Crippen molar-refractivity contribution in [1.82, 2.24) is 15.5 Å². The molecular weight excluding hydrogens is 262 g/mol. The van der Waals surface area contributed by atoms with Crippen LogP contribution in [0, 0.1) is 0 Å². The largest absolute Gasteiger partial charge is 0.478 e. The van der Waals surface area contributed by atoms with Gasteiger partial charge in [0.15, 0.2) is 0 Å². The molecule has 0 bridgehead atoms. The monoisotopic (exact) mass is 285 g/mol. The minimum atomic E-state index is -1.02. The zero-order chi connectivity index (χ0) is 15.9. The Hall–Kier alpha value is -1.89. The van der Waals surface area contributed by atoms with Crippen molar-refractivity contribution in [2.75, 3.05) is 20.6 Å². The van der Waals surface area contributed by atoms with Gasteiger partial charge in [0.2, 0.25) is 11.8 Å². The first kappa shape index (κ1) is 18.1. The lowest BCUT2D eigenvalue weighted by Gasteiger charge is -2.22. The van der Waals surface area contributed by atoms with Crippen LogP contribution < -0.4 is 10.6 Å². The number of hydrogen-bond donors (Lipinski definition) is 3. The van der Waals surface area contributed by atoms with E-state index < -0.39 is 12.0 Å². The Balaban J connectivity index is 4.47. The van der Waals surface area contributed by atoms with Gasteiger partial charge >= 0.3 is 5.97 Å². The maximum absolute atomic E-state index is 12.0. The fourth-order valence-corrected chi connectivity index (χ4v) is 1.31. The molecule has 0 aliphatic rings. The van der Waals surface area contributed by atoms with E-state index in [4.69, 9.17) is 5.11 Å². The van der Waals surface area contributed by atoms with Gasteiger partial charge in [0.25, 0.3) is 0 Å². The van der Waals surface area contributed by atoms with Gasteiger partial charge in [-0.25, -0.2) is 4.79 Å². The van der Waals surface area contributed by atoms with Gasteiger partial charge in [-0.3, -0.25) is 9.59 Å². The van der Waals surface area contributed by atoms with Gasteiger partial charge < -0.3 is 20.6 Å². The number of rotatable bonds is 7. The Bertz CT molecular complexity index is 406. The van der Waals surface area contributed by atoms with Gasteiger partial charge in [-0.2, -0.15) is 0 Å². The van der Waals surface area contributed by atoms with Crippen molar-refractivity contribution >= 4 is 17.8 Å². The topological polar surface area (TPSA) is 98.7 Å². The molecule has 2 atom stereocenters. The number of carboxylic acids is 1. The molecule has 0 aromatic heterocycles. The first-order chi connectivity index (χ1) is 9.20. The number of amides is 2. The molecule has 1 unspecified atom stereocenters. The molecule has 2 amide bonds.